The minimum Gasteiger partial charge on any atom is -0.361 e. The van der Waals surface area contributed by atoms with Gasteiger partial charge in [-0.15, -0.1) is 0 Å². The van der Waals surface area contributed by atoms with Crippen molar-refractivity contribution in [2.45, 2.75) is 6.54 Å². The molecule has 0 saturated heterocycles. The highest BCUT2D eigenvalue weighted by atomic mass is 19.1. The minimum atomic E-state index is -0.167. The van der Waals surface area contributed by atoms with Gasteiger partial charge in [0.1, 0.15) is 5.82 Å². The summed E-state index contributed by atoms with van der Waals surface area (Å²) in [5, 5.41) is 2.95. The van der Waals surface area contributed by atoms with Gasteiger partial charge in [0.15, 0.2) is 0 Å². The van der Waals surface area contributed by atoms with Crippen molar-refractivity contribution in [1.29, 1.82) is 0 Å². The van der Waals surface area contributed by atoms with E-state index < -0.39 is 0 Å². The molecule has 0 radical (unpaired) electrons. The van der Waals surface area contributed by atoms with E-state index in [1.807, 2.05) is 24.4 Å². The third-order valence-electron chi connectivity index (χ3n) is 2.32. The molecule has 1 heterocycles. The number of H-pyrrole nitrogens is 1. The summed E-state index contributed by atoms with van der Waals surface area (Å²) in [4.78, 5) is 3.10. The van der Waals surface area contributed by atoms with Gasteiger partial charge in [0.05, 0.1) is 0 Å². The van der Waals surface area contributed by atoms with Crippen molar-refractivity contribution in [2.75, 3.05) is 7.05 Å². The van der Waals surface area contributed by atoms with E-state index in [1.165, 1.54) is 6.07 Å². The van der Waals surface area contributed by atoms with Crippen LogP contribution in [0.4, 0.5) is 4.39 Å². The van der Waals surface area contributed by atoms with E-state index in [1.54, 1.807) is 13.1 Å². The number of aromatic nitrogens is 1. The summed E-state index contributed by atoms with van der Waals surface area (Å²) >= 11 is 0. The number of hydrogen-bond acceptors (Lipinski definition) is 1. The van der Waals surface area contributed by atoms with Crippen molar-refractivity contribution in [3.05, 3.63) is 47.9 Å². The third kappa shape index (κ3) is 2.07. The average Bonchev–Trinajstić information content (AvgIpc) is 2.75. The number of hydrogen-bond donors (Lipinski definition) is 2. The van der Waals surface area contributed by atoms with Crippen LogP contribution in [0.2, 0.25) is 0 Å². The van der Waals surface area contributed by atoms with Crippen LogP contribution in [0.5, 0.6) is 0 Å². The fourth-order valence-electron chi connectivity index (χ4n) is 1.58. The van der Waals surface area contributed by atoms with Crippen molar-refractivity contribution in [1.82, 2.24) is 10.3 Å². The van der Waals surface area contributed by atoms with E-state index in [0.717, 1.165) is 11.3 Å². The Hall–Kier alpha value is -1.61. The van der Waals surface area contributed by atoms with Gasteiger partial charge in [0, 0.05) is 24.0 Å². The van der Waals surface area contributed by atoms with Gasteiger partial charge in [-0.2, -0.15) is 0 Å². The zero-order valence-electron chi connectivity index (χ0n) is 8.55. The molecule has 0 unspecified atom stereocenters. The molecule has 3 heteroatoms. The van der Waals surface area contributed by atoms with Crippen molar-refractivity contribution < 1.29 is 4.39 Å². The van der Waals surface area contributed by atoms with Gasteiger partial charge in [-0.1, -0.05) is 0 Å². The van der Waals surface area contributed by atoms with Crippen LogP contribution in [0.1, 0.15) is 5.56 Å². The van der Waals surface area contributed by atoms with Gasteiger partial charge in [-0.05, 0) is 42.9 Å². The maximum absolute atomic E-state index is 13.3. The van der Waals surface area contributed by atoms with E-state index in [0.29, 0.717) is 12.1 Å². The number of halogens is 1. The maximum atomic E-state index is 13.3. The molecule has 0 spiro atoms. The Bertz CT molecular complexity index is 435. The predicted molar refractivity (Wildman–Crippen MR) is 59.0 cm³/mol. The molecular weight excluding hydrogens is 191 g/mol. The highest BCUT2D eigenvalue weighted by molar-refractivity contribution is 5.60. The summed E-state index contributed by atoms with van der Waals surface area (Å²) in [6.45, 7) is 0.542. The number of benzene rings is 1. The summed E-state index contributed by atoms with van der Waals surface area (Å²) in [7, 11) is 1.81. The highest BCUT2D eigenvalue weighted by Crippen LogP contribution is 2.20. The zero-order valence-corrected chi connectivity index (χ0v) is 8.55. The molecule has 0 atom stereocenters. The van der Waals surface area contributed by atoms with E-state index in [-0.39, 0.29) is 5.82 Å². The van der Waals surface area contributed by atoms with Crippen LogP contribution in [-0.2, 0) is 6.54 Å². The van der Waals surface area contributed by atoms with Crippen LogP contribution >= 0.6 is 0 Å². The van der Waals surface area contributed by atoms with Crippen molar-refractivity contribution in [3.8, 4) is 11.3 Å². The molecule has 1 aromatic carbocycles. The summed E-state index contributed by atoms with van der Waals surface area (Å²) in [6.07, 6.45) is 1.86. The van der Waals surface area contributed by atoms with E-state index in [9.17, 15) is 4.39 Å². The van der Waals surface area contributed by atoms with Crippen LogP contribution in [0.25, 0.3) is 11.3 Å². The Morgan fingerprint density at radius 2 is 2.20 bits per heavy atom. The number of aromatic amines is 1. The number of rotatable bonds is 3. The van der Waals surface area contributed by atoms with Gasteiger partial charge in [0.25, 0.3) is 0 Å². The Morgan fingerprint density at radius 1 is 1.33 bits per heavy atom. The van der Waals surface area contributed by atoms with Gasteiger partial charge in [-0.25, -0.2) is 4.39 Å². The molecule has 0 aliphatic carbocycles. The van der Waals surface area contributed by atoms with Gasteiger partial charge in [0.2, 0.25) is 0 Å². The van der Waals surface area contributed by atoms with Crippen LogP contribution in [0, 0.1) is 5.82 Å². The second-order valence-electron chi connectivity index (χ2n) is 3.42. The first kappa shape index (κ1) is 9.93. The molecule has 2 N–H and O–H groups in total. The standard InChI is InChI=1S/C12H13FN2/c1-14-8-10-7-9(4-5-11(10)13)12-3-2-6-15-12/h2-7,14-15H,8H2,1H3. The molecule has 1 aromatic heterocycles. The fourth-order valence-corrected chi connectivity index (χ4v) is 1.58. The molecule has 2 rings (SSSR count). The van der Waals surface area contributed by atoms with Crippen molar-refractivity contribution in [3.63, 3.8) is 0 Å². The molecule has 0 saturated carbocycles. The Kier molecular flexibility index (Phi) is 2.83. The lowest BCUT2D eigenvalue weighted by Gasteiger charge is -2.05. The van der Waals surface area contributed by atoms with E-state index >= 15 is 0 Å². The molecular formula is C12H13FN2. The van der Waals surface area contributed by atoms with Crippen LogP contribution in [0.15, 0.2) is 36.5 Å². The second kappa shape index (κ2) is 4.28. The van der Waals surface area contributed by atoms with Gasteiger partial charge in [-0.3, -0.25) is 0 Å². The lowest BCUT2D eigenvalue weighted by molar-refractivity contribution is 0.601. The first-order valence-electron chi connectivity index (χ1n) is 4.88. The topological polar surface area (TPSA) is 27.8 Å². The molecule has 0 aliphatic heterocycles. The quantitative estimate of drug-likeness (QED) is 0.790. The lowest BCUT2D eigenvalue weighted by Crippen LogP contribution is -2.07. The van der Waals surface area contributed by atoms with E-state index in [2.05, 4.69) is 10.3 Å². The summed E-state index contributed by atoms with van der Waals surface area (Å²) in [5.74, 6) is -0.167. The molecule has 0 amide bonds. The lowest BCUT2D eigenvalue weighted by atomic mass is 10.1. The Labute approximate surface area is 88.1 Å². The maximum Gasteiger partial charge on any atom is 0.127 e. The number of nitrogens with one attached hydrogen (secondary N) is 2. The van der Waals surface area contributed by atoms with Crippen LogP contribution < -0.4 is 5.32 Å². The predicted octanol–water partition coefficient (Wildman–Crippen LogP) is 2.54. The molecule has 2 aromatic rings. The van der Waals surface area contributed by atoms with E-state index in [4.69, 9.17) is 0 Å². The summed E-state index contributed by atoms with van der Waals surface area (Å²) in [5.41, 5.74) is 2.70. The second-order valence-corrected chi connectivity index (χ2v) is 3.42. The first-order chi connectivity index (χ1) is 7.31. The Balaban J connectivity index is 2.38. The largest absolute Gasteiger partial charge is 0.361 e. The minimum absolute atomic E-state index is 0.167. The molecule has 15 heavy (non-hydrogen) atoms. The fraction of sp³-hybridized carbons (Fsp3) is 0.167. The molecule has 0 bridgehead atoms. The third-order valence-corrected chi connectivity index (χ3v) is 2.32. The van der Waals surface area contributed by atoms with Crippen molar-refractivity contribution >= 4 is 0 Å². The Morgan fingerprint density at radius 3 is 2.87 bits per heavy atom. The summed E-state index contributed by atoms with van der Waals surface area (Å²) < 4.78 is 13.3. The SMILES string of the molecule is CNCc1cc(-c2ccc[nH]2)ccc1F. The van der Waals surface area contributed by atoms with Crippen LogP contribution in [0.3, 0.4) is 0 Å². The van der Waals surface area contributed by atoms with Crippen molar-refractivity contribution in [2.24, 2.45) is 0 Å². The molecule has 0 fully saturated rings. The monoisotopic (exact) mass is 204 g/mol. The van der Waals surface area contributed by atoms with Gasteiger partial charge >= 0.3 is 0 Å². The summed E-state index contributed by atoms with van der Waals surface area (Å²) in [6, 6.07) is 9.04. The smallest absolute Gasteiger partial charge is 0.127 e. The van der Waals surface area contributed by atoms with Crippen LogP contribution in [-0.4, -0.2) is 12.0 Å². The highest BCUT2D eigenvalue weighted by Gasteiger charge is 2.04. The average molecular weight is 204 g/mol. The molecule has 2 nitrogen and oxygen atoms in total. The normalized spacial score (nSPS) is 10.5. The first-order valence-corrected chi connectivity index (χ1v) is 4.88. The van der Waals surface area contributed by atoms with Gasteiger partial charge < -0.3 is 10.3 Å². The molecule has 0 aliphatic rings. The zero-order chi connectivity index (χ0) is 10.7. The molecule has 78 valence electrons.